The summed E-state index contributed by atoms with van der Waals surface area (Å²) in [5.41, 5.74) is -0.564. The molecule has 0 aliphatic rings. The predicted molar refractivity (Wildman–Crippen MR) is 77.4 cm³/mol. The first kappa shape index (κ1) is 17.4. The maximum atomic E-state index is 12.7. The van der Waals surface area contributed by atoms with Gasteiger partial charge in [0.15, 0.2) is 11.4 Å². The summed E-state index contributed by atoms with van der Waals surface area (Å²) in [6.45, 7) is 4.91. The SMILES string of the molecule is Cc1sc(C(C)NCc2[nH]nc(C(F)(F)F)c2C)nc1C(=O)O. The third-order valence-corrected chi connectivity index (χ3v) is 4.50. The number of carboxylic acids is 1. The van der Waals surface area contributed by atoms with E-state index in [1.807, 2.05) is 0 Å². The van der Waals surface area contributed by atoms with Crippen molar-refractivity contribution in [2.45, 2.75) is 39.5 Å². The molecule has 10 heteroatoms. The number of halogens is 3. The Morgan fingerprint density at radius 1 is 1.43 bits per heavy atom. The van der Waals surface area contributed by atoms with Crippen LogP contribution < -0.4 is 5.32 Å². The van der Waals surface area contributed by atoms with Crippen LogP contribution in [0.25, 0.3) is 0 Å². The first-order chi connectivity index (χ1) is 10.6. The zero-order valence-corrected chi connectivity index (χ0v) is 13.4. The lowest BCUT2D eigenvalue weighted by molar-refractivity contribution is -0.141. The van der Waals surface area contributed by atoms with Gasteiger partial charge in [-0.2, -0.15) is 18.3 Å². The van der Waals surface area contributed by atoms with Gasteiger partial charge in [-0.25, -0.2) is 9.78 Å². The van der Waals surface area contributed by atoms with Gasteiger partial charge < -0.3 is 10.4 Å². The van der Waals surface area contributed by atoms with E-state index in [9.17, 15) is 18.0 Å². The second-order valence-corrected chi connectivity index (χ2v) is 6.27. The molecule has 0 aliphatic carbocycles. The Bertz CT molecular complexity index is 723. The molecule has 2 rings (SSSR count). The normalized spacial score (nSPS) is 13.3. The Morgan fingerprint density at radius 3 is 2.57 bits per heavy atom. The van der Waals surface area contributed by atoms with E-state index in [0.717, 1.165) is 0 Å². The number of carboxylic acid groups (broad SMARTS) is 1. The van der Waals surface area contributed by atoms with Gasteiger partial charge in [0, 0.05) is 17.0 Å². The minimum atomic E-state index is -4.49. The molecule has 3 N–H and O–H groups in total. The van der Waals surface area contributed by atoms with Crippen LogP contribution in [0.3, 0.4) is 0 Å². The number of rotatable bonds is 5. The van der Waals surface area contributed by atoms with E-state index in [1.165, 1.54) is 18.3 Å². The highest BCUT2D eigenvalue weighted by Crippen LogP contribution is 2.31. The number of hydrogen-bond donors (Lipinski definition) is 3. The average molecular weight is 348 g/mol. The summed E-state index contributed by atoms with van der Waals surface area (Å²) in [6.07, 6.45) is -4.49. The van der Waals surface area contributed by atoms with E-state index in [2.05, 4.69) is 20.5 Å². The first-order valence-corrected chi connectivity index (χ1v) is 7.48. The molecule has 2 aromatic heterocycles. The van der Waals surface area contributed by atoms with Crippen LogP contribution in [-0.4, -0.2) is 26.3 Å². The highest BCUT2D eigenvalue weighted by Gasteiger charge is 2.36. The number of nitrogens with one attached hydrogen (secondary N) is 2. The van der Waals surface area contributed by atoms with Crippen LogP contribution in [0, 0.1) is 13.8 Å². The Hall–Kier alpha value is -1.94. The van der Waals surface area contributed by atoms with Gasteiger partial charge in [0.1, 0.15) is 5.01 Å². The van der Waals surface area contributed by atoms with Crippen molar-refractivity contribution >= 4 is 17.3 Å². The number of aromatic nitrogens is 3. The molecule has 0 saturated heterocycles. The Kier molecular flexibility index (Phi) is 4.76. The Morgan fingerprint density at radius 2 is 2.09 bits per heavy atom. The van der Waals surface area contributed by atoms with Gasteiger partial charge in [0.2, 0.25) is 0 Å². The van der Waals surface area contributed by atoms with Crippen LogP contribution >= 0.6 is 11.3 Å². The molecular weight excluding hydrogens is 333 g/mol. The zero-order chi connectivity index (χ0) is 17.4. The molecule has 0 fully saturated rings. The number of nitrogens with zero attached hydrogens (tertiary/aromatic N) is 2. The summed E-state index contributed by atoms with van der Waals surface area (Å²) in [5, 5.41) is 18.2. The quantitative estimate of drug-likeness (QED) is 0.772. The molecule has 1 unspecified atom stereocenters. The van der Waals surface area contributed by atoms with Gasteiger partial charge in [-0.15, -0.1) is 11.3 Å². The van der Waals surface area contributed by atoms with E-state index in [-0.39, 0.29) is 23.8 Å². The third-order valence-electron chi connectivity index (χ3n) is 3.35. The molecule has 0 bridgehead atoms. The molecule has 0 saturated carbocycles. The molecule has 0 spiro atoms. The molecule has 0 aromatic carbocycles. The van der Waals surface area contributed by atoms with Gasteiger partial charge >= 0.3 is 12.1 Å². The van der Waals surface area contributed by atoms with Crippen LogP contribution in [0.2, 0.25) is 0 Å². The van der Waals surface area contributed by atoms with Crippen molar-refractivity contribution in [2.75, 3.05) is 0 Å². The lowest BCUT2D eigenvalue weighted by atomic mass is 10.2. The summed E-state index contributed by atoms with van der Waals surface area (Å²) in [7, 11) is 0. The van der Waals surface area contributed by atoms with Gasteiger partial charge in [-0.1, -0.05) is 0 Å². The number of H-pyrrole nitrogens is 1. The molecule has 2 aromatic rings. The van der Waals surface area contributed by atoms with Gasteiger partial charge in [0.25, 0.3) is 0 Å². The number of aryl methyl sites for hydroxylation is 1. The highest BCUT2D eigenvalue weighted by molar-refractivity contribution is 7.11. The number of carbonyl (C=O) groups is 1. The monoisotopic (exact) mass is 348 g/mol. The molecule has 1 atom stereocenters. The van der Waals surface area contributed by atoms with Crippen LogP contribution in [0.5, 0.6) is 0 Å². The fraction of sp³-hybridized carbons (Fsp3) is 0.462. The fourth-order valence-corrected chi connectivity index (χ4v) is 2.97. The summed E-state index contributed by atoms with van der Waals surface area (Å²) >= 11 is 1.24. The summed E-state index contributed by atoms with van der Waals surface area (Å²) < 4.78 is 38.0. The van der Waals surface area contributed by atoms with Gasteiger partial charge in [-0.05, 0) is 20.8 Å². The Labute approximate surface area is 133 Å². The van der Waals surface area contributed by atoms with Crippen molar-refractivity contribution in [3.05, 3.63) is 32.5 Å². The van der Waals surface area contributed by atoms with Crippen molar-refractivity contribution in [1.29, 1.82) is 0 Å². The smallest absolute Gasteiger partial charge is 0.435 e. The minimum absolute atomic E-state index is 0.00396. The van der Waals surface area contributed by atoms with Gasteiger partial charge in [-0.3, -0.25) is 5.10 Å². The van der Waals surface area contributed by atoms with E-state index in [0.29, 0.717) is 15.6 Å². The van der Waals surface area contributed by atoms with Crippen LogP contribution in [0.1, 0.15) is 50.3 Å². The van der Waals surface area contributed by atoms with E-state index in [4.69, 9.17) is 5.11 Å². The second-order valence-electron chi connectivity index (χ2n) is 5.04. The van der Waals surface area contributed by atoms with Crippen LogP contribution in [-0.2, 0) is 12.7 Å². The second kappa shape index (κ2) is 6.28. The van der Waals surface area contributed by atoms with E-state index in [1.54, 1.807) is 13.8 Å². The maximum Gasteiger partial charge on any atom is 0.435 e. The van der Waals surface area contributed by atoms with E-state index >= 15 is 0 Å². The minimum Gasteiger partial charge on any atom is -0.476 e. The number of aromatic carboxylic acids is 1. The molecule has 0 amide bonds. The largest absolute Gasteiger partial charge is 0.476 e. The zero-order valence-electron chi connectivity index (χ0n) is 12.6. The molecular formula is C13H15F3N4O2S. The molecule has 0 radical (unpaired) electrons. The molecule has 2 heterocycles. The standard InChI is InChI=1S/C13H15F3N4O2S/c1-5-8(19-20-10(5)13(14,15)16)4-17-6(2)11-18-9(12(21)22)7(3)23-11/h6,17H,4H2,1-3H3,(H,19,20)(H,21,22). The summed E-state index contributed by atoms with van der Waals surface area (Å²) in [4.78, 5) is 15.6. The number of thiazole rings is 1. The summed E-state index contributed by atoms with van der Waals surface area (Å²) in [5.74, 6) is -1.10. The van der Waals surface area contributed by atoms with Crippen LogP contribution in [0.15, 0.2) is 0 Å². The molecule has 6 nitrogen and oxygen atoms in total. The summed E-state index contributed by atoms with van der Waals surface area (Å²) in [6, 6.07) is -0.302. The van der Waals surface area contributed by atoms with Crippen molar-refractivity contribution in [3.63, 3.8) is 0 Å². The molecule has 126 valence electrons. The molecule has 23 heavy (non-hydrogen) atoms. The van der Waals surface area contributed by atoms with Crippen LogP contribution in [0.4, 0.5) is 13.2 Å². The van der Waals surface area contributed by atoms with E-state index < -0.39 is 17.8 Å². The van der Waals surface area contributed by atoms with Gasteiger partial charge in [0.05, 0.1) is 11.7 Å². The van der Waals surface area contributed by atoms with Crippen molar-refractivity contribution in [1.82, 2.24) is 20.5 Å². The Balaban J connectivity index is 2.08. The molecule has 0 aliphatic heterocycles. The van der Waals surface area contributed by atoms with Crippen molar-refractivity contribution in [3.8, 4) is 0 Å². The lowest BCUT2D eigenvalue weighted by Gasteiger charge is -2.10. The van der Waals surface area contributed by atoms with Crippen molar-refractivity contribution < 1.29 is 23.1 Å². The average Bonchev–Trinajstić information content (AvgIpc) is 2.99. The number of alkyl halides is 3. The lowest BCUT2D eigenvalue weighted by Crippen LogP contribution is -2.19. The maximum absolute atomic E-state index is 12.7. The first-order valence-electron chi connectivity index (χ1n) is 6.66. The van der Waals surface area contributed by atoms with Crippen molar-refractivity contribution in [2.24, 2.45) is 0 Å². The predicted octanol–water partition coefficient (Wildman–Crippen LogP) is 3.05. The third kappa shape index (κ3) is 3.70. The number of aromatic amines is 1. The topological polar surface area (TPSA) is 90.9 Å². The highest BCUT2D eigenvalue weighted by atomic mass is 32.1. The number of hydrogen-bond acceptors (Lipinski definition) is 5. The fourth-order valence-electron chi connectivity index (χ4n) is 2.03.